The summed E-state index contributed by atoms with van der Waals surface area (Å²) in [6, 6.07) is 10.8. The van der Waals surface area contributed by atoms with Crippen molar-refractivity contribution in [3.63, 3.8) is 0 Å². The number of sulfone groups is 1. The zero-order valence-corrected chi connectivity index (χ0v) is 17.2. The summed E-state index contributed by atoms with van der Waals surface area (Å²) in [5.74, 6) is 0.432. The molecule has 0 radical (unpaired) electrons. The lowest BCUT2D eigenvalue weighted by Gasteiger charge is -2.23. The van der Waals surface area contributed by atoms with Gasteiger partial charge in [-0.15, -0.1) is 0 Å². The highest BCUT2D eigenvalue weighted by Crippen LogP contribution is 2.23. The highest BCUT2D eigenvalue weighted by atomic mass is 32.2. The second-order valence-corrected chi connectivity index (χ2v) is 10.1. The van der Waals surface area contributed by atoms with E-state index >= 15 is 0 Å². The Morgan fingerprint density at radius 3 is 2.66 bits per heavy atom. The van der Waals surface area contributed by atoms with Crippen molar-refractivity contribution in [3.05, 3.63) is 65.6 Å². The van der Waals surface area contributed by atoms with E-state index in [2.05, 4.69) is 10.3 Å². The number of amides is 1. The summed E-state index contributed by atoms with van der Waals surface area (Å²) in [7, 11) is -3.08. The quantitative estimate of drug-likeness (QED) is 0.694. The Morgan fingerprint density at radius 2 is 1.97 bits per heavy atom. The van der Waals surface area contributed by atoms with Gasteiger partial charge in [-0.3, -0.25) is 4.79 Å². The molecule has 4 rings (SSSR count). The van der Waals surface area contributed by atoms with Crippen molar-refractivity contribution in [2.24, 2.45) is 0 Å². The standard InChI is InChI=1S/C21H23N3O4S/c1-15-3-8-19-22-17(12-24(19)11-15)13-28-18-6-4-16(5-7-18)20(25)23-21(2)9-10-29(26,27)14-21/h3-8,11-12H,9-10,13-14H2,1-2H3,(H,23,25)/t21-/m0/s1. The molecule has 1 fully saturated rings. The summed E-state index contributed by atoms with van der Waals surface area (Å²) in [5, 5.41) is 2.85. The lowest BCUT2D eigenvalue weighted by atomic mass is 10.0. The third-order valence-electron chi connectivity index (χ3n) is 5.07. The first-order valence-corrected chi connectivity index (χ1v) is 11.2. The number of fused-ring (bicyclic) bond motifs is 1. The van der Waals surface area contributed by atoms with E-state index in [1.807, 2.05) is 35.9 Å². The van der Waals surface area contributed by atoms with Gasteiger partial charge in [-0.1, -0.05) is 6.07 Å². The van der Waals surface area contributed by atoms with Gasteiger partial charge in [0.2, 0.25) is 0 Å². The lowest BCUT2D eigenvalue weighted by molar-refractivity contribution is 0.0915. The van der Waals surface area contributed by atoms with Crippen LogP contribution in [0.2, 0.25) is 0 Å². The number of aromatic nitrogens is 2. The van der Waals surface area contributed by atoms with E-state index < -0.39 is 15.4 Å². The van der Waals surface area contributed by atoms with E-state index in [-0.39, 0.29) is 17.4 Å². The SMILES string of the molecule is Cc1ccc2nc(COc3ccc(C(=O)N[C@@]4(C)CCS(=O)(=O)C4)cc3)cn2c1. The summed E-state index contributed by atoms with van der Waals surface area (Å²) in [5.41, 5.74) is 2.58. The molecule has 152 valence electrons. The van der Waals surface area contributed by atoms with Crippen molar-refractivity contribution >= 4 is 21.4 Å². The van der Waals surface area contributed by atoms with Crippen LogP contribution in [0.5, 0.6) is 5.75 Å². The minimum atomic E-state index is -3.08. The Morgan fingerprint density at radius 1 is 1.21 bits per heavy atom. The number of benzene rings is 1. The zero-order chi connectivity index (χ0) is 20.6. The van der Waals surface area contributed by atoms with Gasteiger partial charge in [0.15, 0.2) is 9.84 Å². The lowest BCUT2D eigenvalue weighted by Crippen LogP contribution is -2.46. The van der Waals surface area contributed by atoms with E-state index in [4.69, 9.17) is 4.74 Å². The first-order valence-electron chi connectivity index (χ1n) is 9.41. The molecule has 3 aromatic rings. The third-order valence-corrected chi connectivity index (χ3v) is 6.97. The molecule has 7 nitrogen and oxygen atoms in total. The van der Waals surface area contributed by atoms with E-state index in [1.165, 1.54) is 0 Å². The Balaban J connectivity index is 1.37. The first kappa shape index (κ1) is 19.4. The van der Waals surface area contributed by atoms with E-state index in [1.54, 1.807) is 31.2 Å². The predicted octanol–water partition coefficient (Wildman–Crippen LogP) is 2.53. The largest absolute Gasteiger partial charge is 0.487 e. The normalized spacial score (nSPS) is 20.6. The molecule has 1 aromatic carbocycles. The number of carbonyl (C=O) groups is 1. The van der Waals surface area contributed by atoms with Gasteiger partial charge < -0.3 is 14.5 Å². The van der Waals surface area contributed by atoms with Crippen LogP contribution in [0.3, 0.4) is 0 Å². The molecule has 0 bridgehead atoms. The molecule has 1 atom stereocenters. The average molecular weight is 413 g/mol. The summed E-state index contributed by atoms with van der Waals surface area (Å²) in [6.45, 7) is 4.12. The molecule has 3 heterocycles. The number of rotatable bonds is 5. The van der Waals surface area contributed by atoms with Crippen LogP contribution in [0.4, 0.5) is 0 Å². The number of aryl methyl sites for hydroxylation is 1. The molecule has 1 N–H and O–H groups in total. The second kappa shape index (κ2) is 7.18. The number of nitrogens with one attached hydrogen (secondary N) is 1. The van der Waals surface area contributed by atoms with E-state index in [0.717, 1.165) is 16.9 Å². The Kier molecular flexibility index (Phi) is 4.82. The topological polar surface area (TPSA) is 89.8 Å². The van der Waals surface area contributed by atoms with Crippen LogP contribution < -0.4 is 10.1 Å². The number of nitrogens with zero attached hydrogens (tertiary/aromatic N) is 2. The highest BCUT2D eigenvalue weighted by molar-refractivity contribution is 7.91. The molecular weight excluding hydrogens is 390 g/mol. The molecule has 29 heavy (non-hydrogen) atoms. The van der Waals surface area contributed by atoms with Crippen LogP contribution >= 0.6 is 0 Å². The van der Waals surface area contributed by atoms with Gasteiger partial charge in [-0.25, -0.2) is 13.4 Å². The molecule has 0 spiro atoms. The smallest absolute Gasteiger partial charge is 0.251 e. The molecule has 1 aliphatic rings. The third kappa shape index (κ3) is 4.42. The van der Waals surface area contributed by atoms with Crippen molar-refractivity contribution in [2.75, 3.05) is 11.5 Å². The molecular formula is C21H23N3O4S. The van der Waals surface area contributed by atoms with Gasteiger partial charge in [0.25, 0.3) is 5.91 Å². The molecule has 0 unspecified atom stereocenters. The molecule has 1 saturated heterocycles. The van der Waals surface area contributed by atoms with E-state index in [0.29, 0.717) is 24.3 Å². The van der Waals surface area contributed by atoms with Gasteiger partial charge in [-0.2, -0.15) is 0 Å². The minimum absolute atomic E-state index is 0.0223. The van der Waals surface area contributed by atoms with Crippen molar-refractivity contribution < 1.29 is 17.9 Å². The minimum Gasteiger partial charge on any atom is -0.487 e. The first-order chi connectivity index (χ1) is 13.7. The summed E-state index contributed by atoms with van der Waals surface area (Å²) in [6.07, 6.45) is 4.37. The molecule has 8 heteroatoms. The molecule has 0 aliphatic carbocycles. The summed E-state index contributed by atoms with van der Waals surface area (Å²) in [4.78, 5) is 17.0. The van der Waals surface area contributed by atoms with Crippen LogP contribution in [0, 0.1) is 6.92 Å². The maximum Gasteiger partial charge on any atom is 0.251 e. The van der Waals surface area contributed by atoms with Crippen LogP contribution in [-0.4, -0.2) is 40.8 Å². The van der Waals surface area contributed by atoms with Crippen molar-refractivity contribution in [1.29, 1.82) is 0 Å². The van der Waals surface area contributed by atoms with Gasteiger partial charge in [0.05, 0.1) is 22.7 Å². The van der Waals surface area contributed by atoms with Crippen LogP contribution in [0.1, 0.15) is 35.0 Å². The summed E-state index contributed by atoms with van der Waals surface area (Å²) >= 11 is 0. The van der Waals surface area contributed by atoms with Crippen LogP contribution in [0.15, 0.2) is 48.8 Å². The average Bonchev–Trinajstić information content (AvgIpc) is 3.19. The van der Waals surface area contributed by atoms with Crippen molar-refractivity contribution in [2.45, 2.75) is 32.4 Å². The Hall–Kier alpha value is -2.87. The van der Waals surface area contributed by atoms with Gasteiger partial charge in [0, 0.05) is 18.0 Å². The molecule has 2 aromatic heterocycles. The Bertz CT molecular complexity index is 1170. The predicted molar refractivity (Wildman–Crippen MR) is 110 cm³/mol. The van der Waals surface area contributed by atoms with E-state index in [9.17, 15) is 13.2 Å². The number of imidazole rings is 1. The Labute approximate surface area is 169 Å². The molecule has 1 aliphatic heterocycles. The second-order valence-electron chi connectivity index (χ2n) is 7.87. The maximum absolute atomic E-state index is 12.5. The number of hydrogen-bond acceptors (Lipinski definition) is 5. The monoisotopic (exact) mass is 413 g/mol. The van der Waals surface area contributed by atoms with Crippen molar-refractivity contribution in [3.8, 4) is 5.75 Å². The fraction of sp³-hybridized carbons (Fsp3) is 0.333. The number of hydrogen-bond donors (Lipinski definition) is 1. The van der Waals surface area contributed by atoms with Crippen LogP contribution in [-0.2, 0) is 16.4 Å². The van der Waals surface area contributed by atoms with Gasteiger partial charge in [0.1, 0.15) is 18.0 Å². The molecule has 1 amide bonds. The number of pyridine rings is 1. The van der Waals surface area contributed by atoms with Crippen molar-refractivity contribution in [1.82, 2.24) is 14.7 Å². The fourth-order valence-electron chi connectivity index (χ4n) is 3.54. The number of carbonyl (C=O) groups excluding carboxylic acids is 1. The van der Waals surface area contributed by atoms with Gasteiger partial charge >= 0.3 is 0 Å². The van der Waals surface area contributed by atoms with Gasteiger partial charge in [-0.05, 0) is 56.2 Å². The summed E-state index contributed by atoms with van der Waals surface area (Å²) < 4.78 is 31.1. The highest BCUT2D eigenvalue weighted by Gasteiger charge is 2.39. The zero-order valence-electron chi connectivity index (χ0n) is 16.4. The molecule has 0 saturated carbocycles. The van der Waals surface area contributed by atoms with Crippen LogP contribution in [0.25, 0.3) is 5.65 Å². The fourth-order valence-corrected chi connectivity index (χ4v) is 5.63. The number of ether oxygens (including phenoxy) is 1. The maximum atomic E-state index is 12.5.